The Morgan fingerprint density at radius 3 is 2.74 bits per heavy atom. The summed E-state index contributed by atoms with van der Waals surface area (Å²) in [4.78, 5) is 28.4. The number of rotatable bonds is 8. The number of nitrogens with zero attached hydrogens (tertiary/aromatic N) is 2. The molecule has 35 heavy (non-hydrogen) atoms. The van der Waals surface area contributed by atoms with Gasteiger partial charge in [0.05, 0.1) is 12.0 Å². The predicted molar refractivity (Wildman–Crippen MR) is 131 cm³/mol. The number of nitrogens with one attached hydrogen (secondary N) is 1. The molecule has 1 aliphatic carbocycles. The zero-order valence-corrected chi connectivity index (χ0v) is 20.3. The van der Waals surface area contributed by atoms with E-state index in [1.54, 1.807) is 36.4 Å². The van der Waals surface area contributed by atoms with Gasteiger partial charge in [-0.15, -0.1) is 0 Å². The van der Waals surface area contributed by atoms with Crippen molar-refractivity contribution in [3.05, 3.63) is 74.0 Å². The largest absolute Gasteiger partial charge is 0.396 e. The third-order valence-corrected chi connectivity index (χ3v) is 8.14. The predicted octanol–water partition coefficient (Wildman–Crippen LogP) is 4.48. The lowest BCUT2D eigenvalue weighted by atomic mass is 9.73. The lowest BCUT2D eigenvalue weighted by Gasteiger charge is -2.39. The fourth-order valence-corrected chi connectivity index (χ4v) is 6.42. The van der Waals surface area contributed by atoms with Crippen LogP contribution in [0.25, 0.3) is 0 Å². The lowest BCUT2D eigenvalue weighted by Crippen LogP contribution is -2.52. The van der Waals surface area contributed by atoms with Crippen LogP contribution in [0.1, 0.15) is 55.2 Å². The minimum absolute atomic E-state index is 0.117. The van der Waals surface area contributed by atoms with Gasteiger partial charge in [0.2, 0.25) is 6.04 Å². The molecule has 0 bridgehead atoms. The average Bonchev–Trinajstić information content (AvgIpc) is 3.54. The Balaban J connectivity index is 1.81. The van der Waals surface area contributed by atoms with E-state index in [1.165, 1.54) is 0 Å². The number of fused-ring (bicyclic) bond motifs is 2. The molecule has 9 heteroatoms. The van der Waals surface area contributed by atoms with Gasteiger partial charge in [0.25, 0.3) is 5.91 Å². The number of likely N-dealkylation sites (tertiary alicyclic amines) is 1. The molecule has 2 fully saturated rings. The van der Waals surface area contributed by atoms with E-state index in [2.05, 4.69) is 5.32 Å². The van der Waals surface area contributed by atoms with Crippen LogP contribution < -0.4 is 5.32 Å². The molecule has 1 amide bonds. The van der Waals surface area contributed by atoms with E-state index in [9.17, 15) is 20.0 Å². The molecule has 2 aromatic carbocycles. The average molecular weight is 502 g/mol. The van der Waals surface area contributed by atoms with Crippen LogP contribution >= 0.6 is 11.6 Å². The van der Waals surface area contributed by atoms with Crippen LogP contribution in [0.3, 0.4) is 0 Å². The Labute approximate surface area is 208 Å². The second-order valence-electron chi connectivity index (χ2n) is 9.87. The van der Waals surface area contributed by atoms with E-state index in [-0.39, 0.29) is 23.0 Å². The summed E-state index contributed by atoms with van der Waals surface area (Å²) in [6, 6.07) is 8.18. The lowest BCUT2D eigenvalue weighted by molar-refractivity contribution is -0.528. The minimum atomic E-state index is -1.45. The first-order valence-corrected chi connectivity index (χ1v) is 12.6. The van der Waals surface area contributed by atoms with Crippen LogP contribution in [0, 0.1) is 21.8 Å². The third kappa shape index (κ3) is 3.74. The molecule has 2 heterocycles. The van der Waals surface area contributed by atoms with Crippen molar-refractivity contribution in [1.82, 2.24) is 4.90 Å². The van der Waals surface area contributed by atoms with E-state index in [4.69, 9.17) is 11.6 Å². The number of nitro groups is 1. The number of carbonyl (C=O) groups excluding carboxylic acids is 1. The van der Waals surface area contributed by atoms with Gasteiger partial charge in [0.15, 0.2) is 0 Å². The standard InChI is InChI=1S/C26H29ClFN3O4/c1-2-16-5-3-6-18(23(16)28)22-24(31(34)35)21(7-4-12-32)30(14-15-8-9-15)26(22)19-11-10-17(27)13-20(19)29-25(26)33/h3,5-6,10-11,13,15,21-22,24,32H,2,4,7-9,12,14H2,1H3,(H,29,33)/t21-,22-,24+,26+/m0/s1. The number of amides is 1. The highest BCUT2D eigenvalue weighted by Crippen LogP contribution is 2.59. The number of hydrogen-bond acceptors (Lipinski definition) is 5. The Hall–Kier alpha value is -2.55. The smallest absolute Gasteiger partial charge is 0.250 e. The quantitative estimate of drug-likeness (QED) is 0.410. The summed E-state index contributed by atoms with van der Waals surface area (Å²) < 4.78 is 15.9. The number of hydrogen-bond donors (Lipinski definition) is 2. The maximum atomic E-state index is 15.9. The maximum absolute atomic E-state index is 15.9. The molecule has 1 saturated heterocycles. The van der Waals surface area contributed by atoms with Crippen LogP contribution in [0.15, 0.2) is 36.4 Å². The molecule has 0 unspecified atom stereocenters. The number of halogens is 2. The van der Waals surface area contributed by atoms with Gasteiger partial charge >= 0.3 is 0 Å². The van der Waals surface area contributed by atoms with Crippen LogP contribution in [-0.4, -0.2) is 46.1 Å². The zero-order valence-electron chi connectivity index (χ0n) is 19.5. The van der Waals surface area contributed by atoms with E-state index in [0.717, 1.165) is 12.8 Å². The molecule has 0 aromatic heterocycles. The second-order valence-corrected chi connectivity index (χ2v) is 10.3. The van der Waals surface area contributed by atoms with Crippen molar-refractivity contribution in [3.63, 3.8) is 0 Å². The number of anilines is 1. The molecule has 4 atom stereocenters. The van der Waals surface area contributed by atoms with Crippen LogP contribution in [0.2, 0.25) is 5.02 Å². The fraction of sp³-hybridized carbons (Fsp3) is 0.500. The number of aliphatic hydroxyl groups excluding tert-OH is 1. The Bertz CT molecular complexity index is 1170. The molecule has 186 valence electrons. The number of aliphatic hydroxyl groups is 1. The molecular weight excluding hydrogens is 473 g/mol. The first-order valence-electron chi connectivity index (χ1n) is 12.2. The van der Waals surface area contributed by atoms with Crippen molar-refractivity contribution in [2.75, 3.05) is 18.5 Å². The summed E-state index contributed by atoms with van der Waals surface area (Å²) in [5.74, 6) is -1.60. The van der Waals surface area contributed by atoms with Crippen molar-refractivity contribution in [2.45, 2.75) is 62.6 Å². The summed E-state index contributed by atoms with van der Waals surface area (Å²) in [7, 11) is 0. The molecule has 1 saturated carbocycles. The van der Waals surface area contributed by atoms with Crippen molar-refractivity contribution in [3.8, 4) is 0 Å². The monoisotopic (exact) mass is 501 g/mol. The molecule has 3 aliphatic rings. The van der Waals surface area contributed by atoms with Crippen molar-refractivity contribution in [1.29, 1.82) is 0 Å². The van der Waals surface area contributed by atoms with E-state index in [1.807, 2.05) is 11.8 Å². The van der Waals surface area contributed by atoms with Gasteiger partial charge in [-0.05, 0) is 55.7 Å². The fourth-order valence-electron chi connectivity index (χ4n) is 6.25. The molecular formula is C26H29ClFN3O4. The van der Waals surface area contributed by atoms with E-state index < -0.39 is 29.4 Å². The molecule has 2 N–H and O–H groups in total. The van der Waals surface area contributed by atoms with Gasteiger partial charge in [-0.25, -0.2) is 4.39 Å². The van der Waals surface area contributed by atoms with E-state index >= 15 is 4.39 Å². The third-order valence-electron chi connectivity index (χ3n) is 7.90. The van der Waals surface area contributed by atoms with Gasteiger partial charge in [0.1, 0.15) is 11.4 Å². The highest BCUT2D eigenvalue weighted by atomic mass is 35.5. The summed E-state index contributed by atoms with van der Waals surface area (Å²) in [6.45, 7) is 2.22. The van der Waals surface area contributed by atoms with Crippen molar-refractivity contribution < 1.29 is 19.2 Å². The zero-order chi connectivity index (χ0) is 24.9. The Kier molecular flexibility index (Phi) is 6.32. The molecule has 5 rings (SSSR count). The normalized spacial score (nSPS) is 27.9. The van der Waals surface area contributed by atoms with Gasteiger partial charge in [-0.2, -0.15) is 0 Å². The highest BCUT2D eigenvalue weighted by molar-refractivity contribution is 6.31. The summed E-state index contributed by atoms with van der Waals surface area (Å²) >= 11 is 6.23. The SMILES string of the molecule is CCc1cccc([C@H]2[C@H]([N+](=O)[O-])[C@H](CCCO)N(CC3CC3)[C@@]23C(=O)Nc2cc(Cl)ccc23)c1F. The van der Waals surface area contributed by atoms with Crippen molar-refractivity contribution >= 4 is 23.2 Å². The summed E-state index contributed by atoms with van der Waals surface area (Å²) in [5, 5.41) is 25.7. The number of carbonyl (C=O) groups is 1. The number of aryl methyl sites for hydroxylation is 1. The first kappa shape index (κ1) is 24.2. The van der Waals surface area contributed by atoms with Gasteiger partial charge in [-0.1, -0.05) is 42.8 Å². The highest BCUT2D eigenvalue weighted by Gasteiger charge is 2.71. The molecule has 2 aliphatic heterocycles. The molecule has 1 spiro atoms. The van der Waals surface area contributed by atoms with Crippen molar-refractivity contribution in [2.24, 2.45) is 5.92 Å². The second kappa shape index (κ2) is 9.15. The topological polar surface area (TPSA) is 95.7 Å². The van der Waals surface area contributed by atoms with Crippen LogP contribution in [0.5, 0.6) is 0 Å². The van der Waals surface area contributed by atoms with Gasteiger partial charge in [0, 0.05) is 39.9 Å². The Morgan fingerprint density at radius 1 is 1.31 bits per heavy atom. The summed E-state index contributed by atoms with van der Waals surface area (Å²) in [5.41, 5.74) is 0.300. The molecule has 0 radical (unpaired) electrons. The Morgan fingerprint density at radius 2 is 2.09 bits per heavy atom. The first-order chi connectivity index (χ1) is 16.8. The summed E-state index contributed by atoms with van der Waals surface area (Å²) in [6.07, 6.45) is 3.09. The van der Waals surface area contributed by atoms with E-state index in [0.29, 0.717) is 53.6 Å². The maximum Gasteiger partial charge on any atom is 0.250 e. The minimum Gasteiger partial charge on any atom is -0.396 e. The van der Waals surface area contributed by atoms with Gasteiger partial charge < -0.3 is 10.4 Å². The van der Waals surface area contributed by atoms with Crippen LogP contribution in [0.4, 0.5) is 10.1 Å². The molecule has 2 aromatic rings. The molecule has 7 nitrogen and oxygen atoms in total. The van der Waals surface area contributed by atoms with Gasteiger partial charge in [-0.3, -0.25) is 19.8 Å². The number of benzene rings is 2. The van der Waals surface area contributed by atoms with Crippen LogP contribution in [-0.2, 0) is 16.8 Å².